The molecule has 19 heavy (non-hydrogen) atoms. The summed E-state index contributed by atoms with van der Waals surface area (Å²) in [6.07, 6.45) is 7.74. The van der Waals surface area contributed by atoms with Crippen molar-refractivity contribution in [2.24, 2.45) is 10.4 Å². The van der Waals surface area contributed by atoms with Crippen LogP contribution < -0.4 is 0 Å². The molecule has 98 valence electrons. The van der Waals surface area contributed by atoms with Gasteiger partial charge in [0, 0.05) is 11.0 Å². The van der Waals surface area contributed by atoms with E-state index in [1.807, 2.05) is 6.08 Å². The quantitative estimate of drug-likeness (QED) is 0.613. The first-order valence-electron chi connectivity index (χ1n) is 6.24. The lowest BCUT2D eigenvalue weighted by molar-refractivity contribution is -0.111. The van der Waals surface area contributed by atoms with Gasteiger partial charge in [0.1, 0.15) is 0 Å². The molecule has 4 heteroatoms. The molecule has 0 saturated carbocycles. The number of carbonyl (C=O) groups is 1. The number of allylic oxidation sites excluding steroid dienone is 7. The van der Waals surface area contributed by atoms with Crippen LogP contribution in [0, 0.1) is 5.41 Å². The third-order valence-electron chi connectivity index (χ3n) is 3.92. The Morgan fingerprint density at radius 1 is 1.32 bits per heavy atom. The molecule has 2 aliphatic carbocycles. The second-order valence-corrected chi connectivity index (χ2v) is 6.22. The number of carbonyl (C=O) groups excluding carboxylic acids is 1. The second kappa shape index (κ2) is 4.19. The van der Waals surface area contributed by atoms with Gasteiger partial charge in [-0.3, -0.25) is 4.79 Å². The Bertz CT molecular complexity index is 645. The fraction of sp³-hybridized carbons (Fsp3) is 0.333. The average Bonchev–Trinajstić information content (AvgIpc) is 2.35. The van der Waals surface area contributed by atoms with Crippen LogP contribution >= 0.6 is 23.2 Å². The molecule has 0 aromatic heterocycles. The Kier molecular flexibility index (Phi) is 2.84. The van der Waals surface area contributed by atoms with E-state index >= 15 is 0 Å². The maximum Gasteiger partial charge on any atom is 0.216 e. The summed E-state index contributed by atoms with van der Waals surface area (Å²) >= 11 is 12.2. The van der Waals surface area contributed by atoms with Crippen LogP contribution in [0.1, 0.15) is 26.7 Å². The lowest BCUT2D eigenvalue weighted by Gasteiger charge is -2.38. The number of halogens is 2. The molecule has 0 atom stereocenters. The molecular formula is C15H13Cl2NO. The number of hydrogen-bond acceptors (Lipinski definition) is 2. The molecule has 0 N–H and O–H groups in total. The second-order valence-electron chi connectivity index (χ2n) is 5.44. The van der Waals surface area contributed by atoms with Gasteiger partial charge in [-0.15, -0.1) is 0 Å². The number of hydrogen-bond donors (Lipinski definition) is 0. The minimum atomic E-state index is -0.305. The summed E-state index contributed by atoms with van der Waals surface area (Å²) in [5, 5.41) is 0.337. The van der Waals surface area contributed by atoms with Gasteiger partial charge in [0.2, 0.25) is 5.78 Å². The standard InChI is InChI=1S/C15H13Cl2NO/c1-15(2)8-5-3-4-6-10(8)18-11-7-9(16)14(19)13(17)12(11)15/h4,6-7H,3,5H2,1-2H3. The number of fused-ring (bicyclic) bond motifs is 1. The van der Waals surface area contributed by atoms with Crippen LogP contribution in [0.2, 0.25) is 0 Å². The fourth-order valence-electron chi connectivity index (χ4n) is 2.94. The number of aliphatic imine (C=N–C) groups is 1. The average molecular weight is 294 g/mol. The maximum atomic E-state index is 12.0. The highest BCUT2D eigenvalue weighted by Gasteiger charge is 2.41. The predicted octanol–water partition coefficient (Wildman–Crippen LogP) is 4.27. The topological polar surface area (TPSA) is 29.4 Å². The van der Waals surface area contributed by atoms with E-state index in [1.54, 1.807) is 6.08 Å². The van der Waals surface area contributed by atoms with Crippen molar-refractivity contribution in [1.82, 2.24) is 0 Å². The van der Waals surface area contributed by atoms with E-state index in [9.17, 15) is 4.79 Å². The van der Waals surface area contributed by atoms with Crippen LogP contribution in [0.15, 0.2) is 50.1 Å². The maximum absolute atomic E-state index is 12.0. The minimum absolute atomic E-state index is 0.132. The molecule has 0 radical (unpaired) electrons. The first-order valence-corrected chi connectivity index (χ1v) is 7.00. The Morgan fingerprint density at radius 2 is 2.05 bits per heavy atom. The SMILES string of the molecule is CC1(C)C2=C(C=CCC2)N=C2C=C(Cl)C(=O)C(Cl)=C21. The van der Waals surface area contributed by atoms with E-state index < -0.39 is 0 Å². The number of ketones is 1. The van der Waals surface area contributed by atoms with Crippen molar-refractivity contribution in [3.05, 3.63) is 45.1 Å². The molecule has 1 heterocycles. The molecule has 2 nitrogen and oxygen atoms in total. The van der Waals surface area contributed by atoms with Crippen LogP contribution in [-0.2, 0) is 4.79 Å². The highest BCUT2D eigenvalue weighted by Crippen LogP contribution is 2.48. The first-order chi connectivity index (χ1) is 8.93. The van der Waals surface area contributed by atoms with Crippen LogP contribution in [0.25, 0.3) is 0 Å². The van der Waals surface area contributed by atoms with E-state index in [1.165, 1.54) is 5.57 Å². The number of nitrogens with zero attached hydrogens (tertiary/aromatic N) is 1. The third-order valence-corrected chi connectivity index (χ3v) is 4.56. The summed E-state index contributed by atoms with van der Waals surface area (Å²) in [5.74, 6) is -0.305. The van der Waals surface area contributed by atoms with E-state index in [0.717, 1.165) is 24.1 Å². The molecule has 0 aromatic rings. The van der Waals surface area contributed by atoms with Crippen molar-refractivity contribution in [3.8, 4) is 0 Å². The summed E-state index contributed by atoms with van der Waals surface area (Å²) in [6, 6.07) is 0. The Hall–Kier alpha value is -1.12. The highest BCUT2D eigenvalue weighted by molar-refractivity contribution is 6.58. The zero-order chi connectivity index (χ0) is 13.8. The van der Waals surface area contributed by atoms with Crippen LogP contribution in [0.5, 0.6) is 0 Å². The molecule has 1 aliphatic heterocycles. The van der Waals surface area contributed by atoms with Crippen molar-refractivity contribution in [1.29, 1.82) is 0 Å². The summed E-state index contributed by atoms with van der Waals surface area (Å²) in [6.45, 7) is 4.18. The van der Waals surface area contributed by atoms with Crippen LogP contribution in [0.3, 0.4) is 0 Å². The van der Waals surface area contributed by atoms with Crippen molar-refractivity contribution in [3.63, 3.8) is 0 Å². The normalized spacial score (nSPS) is 24.9. The Labute approximate surface area is 122 Å². The van der Waals surface area contributed by atoms with Crippen molar-refractivity contribution >= 4 is 34.7 Å². The van der Waals surface area contributed by atoms with Gasteiger partial charge in [-0.25, -0.2) is 4.99 Å². The van der Waals surface area contributed by atoms with E-state index in [2.05, 4.69) is 24.9 Å². The molecule has 3 aliphatic rings. The van der Waals surface area contributed by atoms with Gasteiger partial charge < -0.3 is 0 Å². The van der Waals surface area contributed by atoms with E-state index in [-0.39, 0.29) is 21.3 Å². The molecule has 0 aromatic carbocycles. The number of rotatable bonds is 0. The molecule has 0 unspecified atom stereocenters. The van der Waals surface area contributed by atoms with Crippen LogP contribution in [-0.4, -0.2) is 11.5 Å². The van der Waals surface area contributed by atoms with Gasteiger partial charge in [0.05, 0.1) is 21.5 Å². The van der Waals surface area contributed by atoms with Crippen molar-refractivity contribution < 1.29 is 4.79 Å². The zero-order valence-corrected chi connectivity index (χ0v) is 12.3. The van der Waals surface area contributed by atoms with Gasteiger partial charge in [-0.05, 0) is 30.6 Å². The molecular weight excluding hydrogens is 281 g/mol. The third kappa shape index (κ3) is 1.78. The van der Waals surface area contributed by atoms with Crippen molar-refractivity contribution in [2.45, 2.75) is 26.7 Å². The summed E-state index contributed by atoms with van der Waals surface area (Å²) in [7, 11) is 0. The summed E-state index contributed by atoms with van der Waals surface area (Å²) < 4.78 is 0. The summed E-state index contributed by atoms with van der Waals surface area (Å²) in [4.78, 5) is 16.6. The molecule has 3 rings (SSSR count). The first kappa shape index (κ1) is 12.9. The van der Waals surface area contributed by atoms with E-state index in [0.29, 0.717) is 5.71 Å². The van der Waals surface area contributed by atoms with Gasteiger partial charge in [-0.1, -0.05) is 43.1 Å². The zero-order valence-electron chi connectivity index (χ0n) is 10.8. The molecule has 0 bridgehead atoms. The lowest BCUT2D eigenvalue weighted by Crippen LogP contribution is -2.32. The predicted molar refractivity (Wildman–Crippen MR) is 78.4 cm³/mol. The monoisotopic (exact) mass is 293 g/mol. The van der Waals surface area contributed by atoms with Gasteiger partial charge in [0.25, 0.3) is 0 Å². The largest absolute Gasteiger partial charge is 0.287 e. The van der Waals surface area contributed by atoms with Gasteiger partial charge >= 0.3 is 0 Å². The smallest absolute Gasteiger partial charge is 0.216 e. The number of Topliss-reactive ketones (excluding diaryl/α,β-unsaturated/α-hetero) is 1. The molecule has 0 fully saturated rings. The van der Waals surface area contributed by atoms with E-state index in [4.69, 9.17) is 23.2 Å². The van der Waals surface area contributed by atoms with Crippen molar-refractivity contribution in [2.75, 3.05) is 0 Å². The Balaban J connectivity index is 2.28. The molecule has 0 spiro atoms. The van der Waals surface area contributed by atoms with Gasteiger partial charge in [0.15, 0.2) is 0 Å². The molecule has 0 saturated heterocycles. The van der Waals surface area contributed by atoms with Crippen LogP contribution in [0.4, 0.5) is 0 Å². The van der Waals surface area contributed by atoms with Gasteiger partial charge in [-0.2, -0.15) is 0 Å². The fourth-order valence-corrected chi connectivity index (χ4v) is 3.62. The minimum Gasteiger partial charge on any atom is -0.287 e. The highest BCUT2D eigenvalue weighted by atomic mass is 35.5. The summed E-state index contributed by atoms with van der Waals surface area (Å²) in [5.41, 5.74) is 3.46. The lowest BCUT2D eigenvalue weighted by atomic mass is 9.69. The Morgan fingerprint density at radius 3 is 2.79 bits per heavy atom. The molecule has 0 amide bonds.